The van der Waals surface area contributed by atoms with Gasteiger partial charge in [-0.3, -0.25) is 0 Å². The van der Waals surface area contributed by atoms with Crippen LogP contribution in [-0.4, -0.2) is 26.2 Å². The van der Waals surface area contributed by atoms with E-state index in [1.807, 2.05) is 24.3 Å². The largest absolute Gasteiger partial charge is 0.495 e. The van der Waals surface area contributed by atoms with Gasteiger partial charge >= 0.3 is 0 Å². The van der Waals surface area contributed by atoms with Gasteiger partial charge in [-0.15, -0.1) is 0 Å². The molecule has 3 heteroatoms. The van der Waals surface area contributed by atoms with Gasteiger partial charge in [0.05, 0.1) is 12.8 Å². The van der Waals surface area contributed by atoms with Crippen molar-refractivity contribution >= 4 is 5.69 Å². The first-order valence-electron chi connectivity index (χ1n) is 5.50. The maximum Gasteiger partial charge on any atom is 0.141 e. The first-order valence-corrected chi connectivity index (χ1v) is 5.50. The summed E-state index contributed by atoms with van der Waals surface area (Å²) in [4.78, 5) is 0. The average molecular weight is 206 g/mol. The molecular weight excluding hydrogens is 188 g/mol. The van der Waals surface area contributed by atoms with Crippen LogP contribution in [0.2, 0.25) is 0 Å². The number of hydrogen-bond acceptors (Lipinski definition) is 3. The third-order valence-electron chi connectivity index (χ3n) is 2.81. The Balaban J connectivity index is 1.91. The summed E-state index contributed by atoms with van der Waals surface area (Å²) >= 11 is 0. The van der Waals surface area contributed by atoms with E-state index in [2.05, 4.69) is 10.6 Å². The fourth-order valence-corrected chi connectivity index (χ4v) is 1.95. The van der Waals surface area contributed by atoms with Crippen LogP contribution in [0.1, 0.15) is 12.8 Å². The Bertz CT molecular complexity index is 308. The fourth-order valence-electron chi connectivity index (χ4n) is 1.95. The molecular formula is C12H18N2O. The molecule has 1 aromatic carbocycles. The molecule has 15 heavy (non-hydrogen) atoms. The molecule has 0 spiro atoms. The fraction of sp³-hybridized carbons (Fsp3) is 0.500. The molecule has 2 rings (SSSR count). The molecule has 1 aliphatic rings. The van der Waals surface area contributed by atoms with Crippen LogP contribution in [0.25, 0.3) is 0 Å². The highest BCUT2D eigenvalue weighted by Gasteiger charge is 2.13. The van der Waals surface area contributed by atoms with Gasteiger partial charge < -0.3 is 15.4 Å². The number of para-hydroxylation sites is 2. The molecule has 0 bridgehead atoms. The summed E-state index contributed by atoms with van der Waals surface area (Å²) < 4.78 is 5.28. The molecule has 1 aromatic rings. The second-order valence-corrected chi connectivity index (χ2v) is 3.87. The third kappa shape index (κ3) is 2.63. The van der Waals surface area contributed by atoms with Crippen molar-refractivity contribution in [3.8, 4) is 5.75 Å². The Labute approximate surface area is 90.8 Å². The van der Waals surface area contributed by atoms with E-state index in [1.165, 1.54) is 12.8 Å². The molecule has 1 fully saturated rings. The van der Waals surface area contributed by atoms with Crippen LogP contribution in [0.15, 0.2) is 24.3 Å². The quantitative estimate of drug-likeness (QED) is 0.789. The molecule has 1 unspecified atom stereocenters. The topological polar surface area (TPSA) is 33.3 Å². The Morgan fingerprint density at radius 2 is 2.33 bits per heavy atom. The van der Waals surface area contributed by atoms with E-state index >= 15 is 0 Å². The summed E-state index contributed by atoms with van der Waals surface area (Å²) in [5, 5.41) is 6.88. The van der Waals surface area contributed by atoms with Gasteiger partial charge in [0, 0.05) is 12.6 Å². The molecule has 1 saturated heterocycles. The van der Waals surface area contributed by atoms with Crippen molar-refractivity contribution in [2.75, 3.05) is 25.5 Å². The number of rotatable bonds is 4. The number of benzene rings is 1. The van der Waals surface area contributed by atoms with Crippen molar-refractivity contribution in [3.05, 3.63) is 24.3 Å². The van der Waals surface area contributed by atoms with E-state index in [0.717, 1.165) is 24.5 Å². The van der Waals surface area contributed by atoms with Crippen molar-refractivity contribution < 1.29 is 4.74 Å². The van der Waals surface area contributed by atoms with Gasteiger partial charge in [0.1, 0.15) is 5.75 Å². The van der Waals surface area contributed by atoms with E-state index in [1.54, 1.807) is 7.11 Å². The molecule has 1 aliphatic heterocycles. The maximum atomic E-state index is 5.28. The lowest BCUT2D eigenvalue weighted by atomic mass is 10.2. The molecule has 0 saturated carbocycles. The van der Waals surface area contributed by atoms with Gasteiger partial charge in [-0.1, -0.05) is 12.1 Å². The second kappa shape index (κ2) is 5.03. The predicted molar refractivity (Wildman–Crippen MR) is 62.5 cm³/mol. The normalized spacial score (nSPS) is 20.2. The first-order chi connectivity index (χ1) is 7.40. The standard InChI is InChI=1S/C12H18N2O/c1-15-12-7-3-2-6-11(12)14-9-10-5-4-8-13-10/h2-3,6-7,10,13-14H,4-5,8-9H2,1H3. The zero-order chi connectivity index (χ0) is 10.5. The van der Waals surface area contributed by atoms with Gasteiger partial charge in [0.25, 0.3) is 0 Å². The summed E-state index contributed by atoms with van der Waals surface area (Å²) in [5.74, 6) is 0.912. The molecule has 0 amide bonds. The summed E-state index contributed by atoms with van der Waals surface area (Å²) in [7, 11) is 1.70. The Kier molecular flexibility index (Phi) is 3.45. The SMILES string of the molecule is COc1ccccc1NCC1CCCN1. The van der Waals surface area contributed by atoms with E-state index in [0.29, 0.717) is 6.04 Å². The Hall–Kier alpha value is -1.22. The van der Waals surface area contributed by atoms with Gasteiger partial charge in [-0.05, 0) is 31.5 Å². The minimum atomic E-state index is 0.606. The van der Waals surface area contributed by atoms with Crippen LogP contribution < -0.4 is 15.4 Å². The summed E-state index contributed by atoms with van der Waals surface area (Å²) in [6.07, 6.45) is 2.56. The van der Waals surface area contributed by atoms with Crippen molar-refractivity contribution in [1.82, 2.24) is 5.32 Å². The van der Waals surface area contributed by atoms with Gasteiger partial charge in [-0.2, -0.15) is 0 Å². The second-order valence-electron chi connectivity index (χ2n) is 3.87. The van der Waals surface area contributed by atoms with Crippen LogP contribution >= 0.6 is 0 Å². The lowest BCUT2D eigenvalue weighted by Gasteiger charge is -2.14. The third-order valence-corrected chi connectivity index (χ3v) is 2.81. The minimum Gasteiger partial charge on any atom is -0.495 e. The highest BCUT2D eigenvalue weighted by Crippen LogP contribution is 2.23. The molecule has 82 valence electrons. The Morgan fingerprint density at radius 3 is 3.07 bits per heavy atom. The summed E-state index contributed by atoms with van der Waals surface area (Å²) in [6, 6.07) is 8.64. The van der Waals surface area contributed by atoms with E-state index in [9.17, 15) is 0 Å². The highest BCUT2D eigenvalue weighted by atomic mass is 16.5. The van der Waals surface area contributed by atoms with E-state index in [-0.39, 0.29) is 0 Å². The zero-order valence-electron chi connectivity index (χ0n) is 9.12. The number of methoxy groups -OCH3 is 1. The average Bonchev–Trinajstić information content (AvgIpc) is 2.79. The molecule has 2 N–H and O–H groups in total. The summed E-state index contributed by atoms with van der Waals surface area (Å²) in [5.41, 5.74) is 1.08. The molecule has 0 aliphatic carbocycles. The van der Waals surface area contributed by atoms with Gasteiger partial charge in [0.2, 0.25) is 0 Å². The Morgan fingerprint density at radius 1 is 1.47 bits per heavy atom. The van der Waals surface area contributed by atoms with Crippen LogP contribution in [0.3, 0.4) is 0 Å². The van der Waals surface area contributed by atoms with Crippen LogP contribution in [0, 0.1) is 0 Å². The summed E-state index contributed by atoms with van der Waals surface area (Å²) in [6.45, 7) is 2.12. The van der Waals surface area contributed by atoms with E-state index < -0.39 is 0 Å². The lowest BCUT2D eigenvalue weighted by Crippen LogP contribution is -2.29. The van der Waals surface area contributed by atoms with Gasteiger partial charge in [0.15, 0.2) is 0 Å². The number of hydrogen-bond donors (Lipinski definition) is 2. The number of nitrogens with one attached hydrogen (secondary N) is 2. The molecule has 0 radical (unpaired) electrons. The van der Waals surface area contributed by atoms with Crippen molar-refractivity contribution in [3.63, 3.8) is 0 Å². The molecule has 1 atom stereocenters. The molecule has 3 nitrogen and oxygen atoms in total. The minimum absolute atomic E-state index is 0.606. The zero-order valence-corrected chi connectivity index (χ0v) is 9.12. The van der Waals surface area contributed by atoms with Crippen molar-refractivity contribution in [1.29, 1.82) is 0 Å². The predicted octanol–water partition coefficient (Wildman–Crippen LogP) is 1.86. The first kappa shape index (κ1) is 10.3. The van der Waals surface area contributed by atoms with E-state index in [4.69, 9.17) is 4.74 Å². The lowest BCUT2D eigenvalue weighted by molar-refractivity contribution is 0.416. The number of anilines is 1. The highest BCUT2D eigenvalue weighted by molar-refractivity contribution is 5.56. The smallest absolute Gasteiger partial charge is 0.141 e. The maximum absolute atomic E-state index is 5.28. The van der Waals surface area contributed by atoms with Crippen LogP contribution in [0.5, 0.6) is 5.75 Å². The van der Waals surface area contributed by atoms with Crippen molar-refractivity contribution in [2.45, 2.75) is 18.9 Å². The van der Waals surface area contributed by atoms with Gasteiger partial charge in [-0.25, -0.2) is 0 Å². The molecule has 1 heterocycles. The van der Waals surface area contributed by atoms with Crippen LogP contribution in [-0.2, 0) is 0 Å². The van der Waals surface area contributed by atoms with Crippen LogP contribution in [0.4, 0.5) is 5.69 Å². The number of ether oxygens (including phenoxy) is 1. The molecule has 0 aromatic heterocycles. The monoisotopic (exact) mass is 206 g/mol. The van der Waals surface area contributed by atoms with Crippen molar-refractivity contribution in [2.24, 2.45) is 0 Å².